The smallest absolute Gasteiger partial charge is 0.191 e. The monoisotopic (exact) mass is 516 g/mol. The van der Waals surface area contributed by atoms with Crippen LogP contribution in [-0.2, 0) is 4.74 Å². The van der Waals surface area contributed by atoms with Gasteiger partial charge in [-0.25, -0.2) is 0 Å². The Kier molecular flexibility index (Phi) is 11.1. The van der Waals surface area contributed by atoms with Crippen LogP contribution >= 0.6 is 24.0 Å². The number of nitrogens with one attached hydrogen (secondary N) is 2. The van der Waals surface area contributed by atoms with E-state index < -0.39 is 0 Å². The lowest BCUT2D eigenvalue weighted by Crippen LogP contribution is -2.49. The van der Waals surface area contributed by atoms with Crippen LogP contribution in [0.25, 0.3) is 0 Å². The Balaban J connectivity index is 0.00000300. The molecule has 0 spiro atoms. The second-order valence-electron chi connectivity index (χ2n) is 7.92. The topological polar surface area (TPSA) is 58.1 Å². The largest absolute Gasteiger partial charge is 0.493 e. The summed E-state index contributed by atoms with van der Waals surface area (Å²) >= 11 is 0. The molecule has 0 bridgehead atoms. The van der Waals surface area contributed by atoms with E-state index in [0.717, 1.165) is 56.9 Å². The normalized spacial score (nSPS) is 20.9. The van der Waals surface area contributed by atoms with Gasteiger partial charge in [-0.3, -0.25) is 4.99 Å². The third kappa shape index (κ3) is 8.30. The molecule has 0 aliphatic carbocycles. The van der Waals surface area contributed by atoms with Gasteiger partial charge in [0.25, 0.3) is 0 Å². The number of likely N-dealkylation sites (tertiary alicyclic amines) is 1. The summed E-state index contributed by atoms with van der Waals surface area (Å²) in [6.45, 7) is 9.05. The zero-order valence-corrected chi connectivity index (χ0v) is 20.2. The molecule has 2 heterocycles. The highest BCUT2D eigenvalue weighted by atomic mass is 127. The lowest BCUT2D eigenvalue weighted by molar-refractivity contribution is 0.150. The first-order valence-corrected chi connectivity index (χ1v) is 10.7. The molecular weight excluding hydrogens is 479 g/mol. The van der Waals surface area contributed by atoms with Gasteiger partial charge in [-0.2, -0.15) is 0 Å². The van der Waals surface area contributed by atoms with Gasteiger partial charge in [-0.15, -0.1) is 24.0 Å². The van der Waals surface area contributed by atoms with E-state index in [0.29, 0.717) is 12.6 Å². The Morgan fingerprint density at radius 1 is 1.24 bits per heavy atom. The van der Waals surface area contributed by atoms with E-state index in [2.05, 4.69) is 33.5 Å². The Morgan fingerprint density at radius 3 is 2.72 bits per heavy atom. The standard InChI is InChI=1S/C22H36N4O2.HI/c1-18-6-3-4-7-21(18)28-14-5-11-24-22(23-2)25-20-8-12-26(13-9-20)16-19-10-15-27-17-19;/h3-4,6-7,19-20H,5,8-17H2,1-2H3,(H2,23,24,25);1H. The Morgan fingerprint density at radius 2 is 2.03 bits per heavy atom. The van der Waals surface area contributed by atoms with Crippen LogP contribution in [-0.4, -0.2) is 69.9 Å². The summed E-state index contributed by atoms with van der Waals surface area (Å²) in [6, 6.07) is 8.65. The molecule has 3 rings (SSSR count). The molecule has 2 aliphatic heterocycles. The van der Waals surface area contributed by atoms with Crippen LogP contribution in [0.1, 0.15) is 31.2 Å². The number of ether oxygens (including phenoxy) is 2. The molecule has 29 heavy (non-hydrogen) atoms. The first-order valence-electron chi connectivity index (χ1n) is 10.7. The van der Waals surface area contributed by atoms with Crippen LogP contribution in [0.2, 0.25) is 0 Å². The fourth-order valence-corrected chi connectivity index (χ4v) is 3.92. The van der Waals surface area contributed by atoms with Crippen molar-refractivity contribution in [3.05, 3.63) is 29.8 Å². The summed E-state index contributed by atoms with van der Waals surface area (Å²) in [5.41, 5.74) is 1.18. The lowest BCUT2D eigenvalue weighted by Gasteiger charge is -2.34. The highest BCUT2D eigenvalue weighted by Crippen LogP contribution is 2.18. The van der Waals surface area contributed by atoms with E-state index in [1.165, 1.54) is 31.4 Å². The van der Waals surface area contributed by atoms with Crippen molar-refractivity contribution >= 4 is 29.9 Å². The number of nitrogens with zero attached hydrogens (tertiary/aromatic N) is 2. The second-order valence-corrected chi connectivity index (χ2v) is 7.92. The number of para-hydroxylation sites is 1. The molecule has 1 atom stereocenters. The molecule has 0 aromatic heterocycles. The molecule has 6 nitrogen and oxygen atoms in total. The van der Waals surface area contributed by atoms with Gasteiger partial charge in [0, 0.05) is 45.9 Å². The maximum Gasteiger partial charge on any atom is 0.191 e. The molecule has 0 radical (unpaired) electrons. The summed E-state index contributed by atoms with van der Waals surface area (Å²) < 4.78 is 11.4. The number of benzene rings is 1. The Hall–Kier alpha value is -1.06. The molecule has 1 aromatic carbocycles. The number of hydrogen-bond donors (Lipinski definition) is 2. The fourth-order valence-electron chi connectivity index (χ4n) is 3.92. The molecule has 2 N–H and O–H groups in total. The van der Waals surface area contributed by atoms with Gasteiger partial charge in [-0.1, -0.05) is 18.2 Å². The van der Waals surface area contributed by atoms with E-state index in [1.54, 1.807) is 0 Å². The number of halogens is 1. The van der Waals surface area contributed by atoms with Crippen molar-refractivity contribution in [1.29, 1.82) is 0 Å². The van der Waals surface area contributed by atoms with Crippen molar-refractivity contribution in [3.63, 3.8) is 0 Å². The number of hydrogen-bond acceptors (Lipinski definition) is 4. The van der Waals surface area contributed by atoms with Crippen LogP contribution in [0.5, 0.6) is 5.75 Å². The molecular formula is C22H37IN4O2. The lowest BCUT2D eigenvalue weighted by atomic mass is 10.0. The van der Waals surface area contributed by atoms with Gasteiger partial charge in [0.1, 0.15) is 5.75 Å². The van der Waals surface area contributed by atoms with Gasteiger partial charge < -0.3 is 25.0 Å². The number of rotatable bonds is 8. The fraction of sp³-hybridized carbons (Fsp3) is 0.682. The number of aryl methyl sites for hydroxylation is 1. The van der Waals surface area contributed by atoms with Crippen molar-refractivity contribution in [2.45, 2.75) is 38.6 Å². The zero-order valence-electron chi connectivity index (χ0n) is 17.9. The van der Waals surface area contributed by atoms with Crippen molar-refractivity contribution in [3.8, 4) is 5.75 Å². The molecule has 7 heteroatoms. The quantitative estimate of drug-likeness (QED) is 0.241. The van der Waals surface area contributed by atoms with E-state index >= 15 is 0 Å². The summed E-state index contributed by atoms with van der Waals surface area (Å²) in [6.07, 6.45) is 4.51. The number of aliphatic imine (C=N–C) groups is 1. The van der Waals surface area contributed by atoms with Crippen LogP contribution in [0.4, 0.5) is 0 Å². The van der Waals surface area contributed by atoms with Crippen molar-refractivity contribution in [2.75, 3.05) is 53.0 Å². The molecule has 1 unspecified atom stereocenters. The van der Waals surface area contributed by atoms with E-state index in [4.69, 9.17) is 9.47 Å². The van der Waals surface area contributed by atoms with Crippen molar-refractivity contribution < 1.29 is 9.47 Å². The van der Waals surface area contributed by atoms with Gasteiger partial charge in [-0.05, 0) is 50.2 Å². The van der Waals surface area contributed by atoms with Crippen LogP contribution in [0.15, 0.2) is 29.3 Å². The molecule has 164 valence electrons. The van der Waals surface area contributed by atoms with Gasteiger partial charge in [0.2, 0.25) is 0 Å². The average molecular weight is 516 g/mol. The Bertz CT molecular complexity index is 615. The van der Waals surface area contributed by atoms with E-state index in [9.17, 15) is 0 Å². The SMILES string of the molecule is CN=C(NCCCOc1ccccc1C)NC1CCN(CC2CCOC2)CC1.I. The molecule has 1 aromatic rings. The predicted molar refractivity (Wildman–Crippen MR) is 130 cm³/mol. The molecule has 2 aliphatic rings. The van der Waals surface area contributed by atoms with Crippen LogP contribution in [0.3, 0.4) is 0 Å². The first-order chi connectivity index (χ1) is 13.7. The van der Waals surface area contributed by atoms with Crippen molar-refractivity contribution in [2.24, 2.45) is 10.9 Å². The third-order valence-corrected chi connectivity index (χ3v) is 5.66. The van der Waals surface area contributed by atoms with Crippen LogP contribution < -0.4 is 15.4 Å². The van der Waals surface area contributed by atoms with Crippen LogP contribution in [0, 0.1) is 12.8 Å². The maximum absolute atomic E-state index is 5.85. The third-order valence-electron chi connectivity index (χ3n) is 5.66. The molecule has 0 amide bonds. The minimum absolute atomic E-state index is 0. The minimum atomic E-state index is 0. The summed E-state index contributed by atoms with van der Waals surface area (Å²) in [5, 5.41) is 7.00. The summed E-state index contributed by atoms with van der Waals surface area (Å²) in [7, 11) is 1.84. The molecule has 2 fully saturated rings. The maximum atomic E-state index is 5.85. The van der Waals surface area contributed by atoms with E-state index in [-0.39, 0.29) is 24.0 Å². The first kappa shape index (κ1) is 24.2. The predicted octanol–water partition coefficient (Wildman–Crippen LogP) is 3.05. The van der Waals surface area contributed by atoms with Gasteiger partial charge in [0.15, 0.2) is 5.96 Å². The number of guanidine groups is 1. The minimum Gasteiger partial charge on any atom is -0.493 e. The van der Waals surface area contributed by atoms with Gasteiger partial charge >= 0.3 is 0 Å². The average Bonchev–Trinajstić information content (AvgIpc) is 3.22. The Labute approximate surface area is 192 Å². The summed E-state index contributed by atoms with van der Waals surface area (Å²) in [4.78, 5) is 6.97. The highest BCUT2D eigenvalue weighted by Gasteiger charge is 2.24. The summed E-state index contributed by atoms with van der Waals surface area (Å²) in [5.74, 6) is 2.61. The molecule has 0 saturated carbocycles. The second kappa shape index (κ2) is 13.3. The zero-order chi connectivity index (χ0) is 19.6. The highest BCUT2D eigenvalue weighted by molar-refractivity contribution is 14.0. The number of piperidine rings is 1. The van der Waals surface area contributed by atoms with Gasteiger partial charge in [0.05, 0.1) is 13.2 Å². The van der Waals surface area contributed by atoms with Crippen molar-refractivity contribution in [1.82, 2.24) is 15.5 Å². The molecule has 2 saturated heterocycles. The van der Waals surface area contributed by atoms with E-state index in [1.807, 2.05) is 25.2 Å².